The second-order valence-electron chi connectivity index (χ2n) is 12.0. The fraction of sp³-hybridized carbons (Fsp3) is 0.306. The Kier molecular flexibility index (Phi) is 8.65. The minimum Gasteiger partial charge on any atom is -0.488 e. The normalized spacial score (nSPS) is 19.8. The van der Waals surface area contributed by atoms with Gasteiger partial charge in [-0.3, -0.25) is 14.5 Å². The molecule has 1 saturated heterocycles. The quantitative estimate of drug-likeness (QED) is 0.0414. The fourth-order valence-electron chi connectivity index (χ4n) is 6.73. The summed E-state index contributed by atoms with van der Waals surface area (Å²) < 4.78 is 15.8. The van der Waals surface area contributed by atoms with Crippen LogP contribution >= 0.6 is 0 Å². The minimum atomic E-state index is -0.827. The Morgan fingerprint density at radius 1 is 1.06 bits per heavy atom. The van der Waals surface area contributed by atoms with E-state index in [-0.39, 0.29) is 43.1 Å². The van der Waals surface area contributed by atoms with Crippen LogP contribution in [0.4, 0.5) is 0 Å². The molecule has 0 radical (unpaired) electrons. The molecule has 0 bridgehead atoms. The van der Waals surface area contributed by atoms with Gasteiger partial charge in [-0.2, -0.15) is 4.89 Å². The maximum absolute atomic E-state index is 13.5. The molecule has 4 atom stereocenters. The third-order valence-electron chi connectivity index (χ3n) is 9.00. The molecule has 6 rings (SSSR count). The molecule has 0 saturated carbocycles. The summed E-state index contributed by atoms with van der Waals surface area (Å²) in [5.41, 5.74) is 4.23. The van der Waals surface area contributed by atoms with E-state index in [2.05, 4.69) is 13.2 Å². The number of β-lactam (4-membered cyclic amide) rings is 1. The molecule has 242 valence electrons. The summed E-state index contributed by atoms with van der Waals surface area (Å²) in [5, 5.41) is 0. The predicted molar refractivity (Wildman–Crippen MR) is 168 cm³/mol. The lowest BCUT2D eigenvalue weighted by Gasteiger charge is -2.47. The van der Waals surface area contributed by atoms with E-state index in [9.17, 15) is 19.2 Å². The number of benzene rings is 2. The van der Waals surface area contributed by atoms with E-state index in [1.807, 2.05) is 60.0 Å². The van der Waals surface area contributed by atoms with Gasteiger partial charge in [-0.15, -0.1) is 6.58 Å². The minimum absolute atomic E-state index is 0.0124. The molecule has 1 amide bonds. The highest BCUT2D eigenvalue weighted by atomic mass is 17.2. The number of nitrogens with zero attached hydrogens (tertiary/aromatic N) is 3. The molecule has 2 aromatic carbocycles. The summed E-state index contributed by atoms with van der Waals surface area (Å²) in [6.07, 6.45) is 8.78. The Morgan fingerprint density at radius 2 is 1.85 bits per heavy atom. The van der Waals surface area contributed by atoms with Crippen molar-refractivity contribution in [1.29, 1.82) is 0 Å². The van der Waals surface area contributed by atoms with Crippen molar-refractivity contribution in [2.45, 2.75) is 26.4 Å². The number of ketones is 1. The van der Waals surface area contributed by atoms with Gasteiger partial charge in [0.25, 0.3) is 0 Å². The van der Waals surface area contributed by atoms with Crippen LogP contribution in [0.25, 0.3) is 11.1 Å². The number of hydrogen-bond acceptors (Lipinski definition) is 8. The first kappa shape index (κ1) is 31.7. The first-order chi connectivity index (χ1) is 22.7. The van der Waals surface area contributed by atoms with Gasteiger partial charge in [-0.05, 0) is 23.3 Å². The summed E-state index contributed by atoms with van der Waals surface area (Å²) in [6, 6.07) is 10.7. The third-order valence-corrected chi connectivity index (χ3v) is 9.00. The molecule has 11 heteroatoms. The van der Waals surface area contributed by atoms with E-state index in [4.69, 9.17) is 19.2 Å². The lowest BCUT2D eigenvalue weighted by molar-refractivity contribution is -0.671. The van der Waals surface area contributed by atoms with Crippen LogP contribution in [0.1, 0.15) is 35.3 Å². The highest BCUT2D eigenvalue weighted by Crippen LogP contribution is 2.50. The van der Waals surface area contributed by atoms with Gasteiger partial charge in [0.2, 0.25) is 12.2 Å². The SMILES string of the molecule is C=CCOOC(=O)C(C)C1C(=O)N2C(C(=O)OCC=C)=C(COc3cccc4c3-c3ccc(Cn5cc[n+](C)c5)cc3C4=O)[C@H](C)C12. The largest absolute Gasteiger partial charge is 0.488 e. The van der Waals surface area contributed by atoms with Crippen molar-refractivity contribution in [3.05, 3.63) is 108 Å². The van der Waals surface area contributed by atoms with E-state index in [0.29, 0.717) is 34.6 Å². The molecule has 3 unspecified atom stereocenters. The molecule has 1 fully saturated rings. The number of hydrogen-bond donors (Lipinski definition) is 0. The number of carbonyl (C=O) groups excluding carboxylic acids is 4. The zero-order valence-corrected chi connectivity index (χ0v) is 26.5. The predicted octanol–water partition coefficient (Wildman–Crippen LogP) is 3.71. The Balaban J connectivity index is 1.26. The second-order valence-corrected chi connectivity index (χ2v) is 12.0. The van der Waals surface area contributed by atoms with Crippen LogP contribution in [0, 0.1) is 17.8 Å². The molecule has 3 aliphatic rings. The van der Waals surface area contributed by atoms with Crippen LogP contribution in [-0.2, 0) is 42.5 Å². The number of aryl methyl sites for hydroxylation is 1. The van der Waals surface area contributed by atoms with E-state index < -0.39 is 29.8 Å². The number of amides is 1. The van der Waals surface area contributed by atoms with Gasteiger partial charge in [0.1, 0.15) is 50.2 Å². The Labute approximate surface area is 272 Å². The molecule has 3 aromatic rings. The average molecular weight is 639 g/mol. The number of rotatable bonds is 13. The maximum Gasteiger partial charge on any atom is 0.355 e. The number of imidazole rings is 1. The number of esters is 1. The van der Waals surface area contributed by atoms with Crippen LogP contribution in [0.3, 0.4) is 0 Å². The molecule has 1 aliphatic carbocycles. The third kappa shape index (κ3) is 5.56. The van der Waals surface area contributed by atoms with Crippen molar-refractivity contribution in [3.8, 4) is 16.9 Å². The summed E-state index contributed by atoms with van der Waals surface area (Å²) >= 11 is 0. The van der Waals surface area contributed by atoms with Crippen molar-refractivity contribution in [1.82, 2.24) is 9.47 Å². The molecular weight excluding hydrogens is 602 g/mol. The molecule has 2 aliphatic heterocycles. The van der Waals surface area contributed by atoms with E-state index in [1.54, 1.807) is 25.1 Å². The maximum atomic E-state index is 13.5. The number of carbonyl (C=O) groups is 4. The zero-order valence-electron chi connectivity index (χ0n) is 26.5. The summed E-state index contributed by atoms with van der Waals surface area (Å²) in [4.78, 5) is 64.1. The zero-order chi connectivity index (χ0) is 33.4. The van der Waals surface area contributed by atoms with Crippen LogP contribution in [0.15, 0.2) is 91.7 Å². The standard InChI is InChI=1S/C36H36N3O8/c1-6-15-44-36(43)32-27(21(3)31-29(34(41)39(31)32)22(4)35(42)47-46-16-7-2)19-45-28-10-8-9-25-30(28)24-12-11-23(17-26(24)33(25)40)18-38-14-13-37(5)20-38/h6-14,17,20-22,29,31H,1-2,15-16,18-19H2,3-5H3/q+1/t21-,22?,29?,31?/m0/s1. The van der Waals surface area contributed by atoms with Crippen LogP contribution < -0.4 is 9.30 Å². The van der Waals surface area contributed by atoms with Gasteiger partial charge in [-0.25, -0.2) is 18.7 Å². The molecule has 0 N–H and O–H groups in total. The first-order valence-corrected chi connectivity index (χ1v) is 15.4. The Morgan fingerprint density at radius 3 is 2.57 bits per heavy atom. The van der Waals surface area contributed by atoms with Gasteiger partial charge in [0.15, 0.2) is 5.78 Å². The summed E-state index contributed by atoms with van der Waals surface area (Å²) in [6.45, 7) is 11.1. The van der Waals surface area contributed by atoms with Crippen molar-refractivity contribution >= 4 is 23.6 Å². The summed E-state index contributed by atoms with van der Waals surface area (Å²) in [5.74, 6) is -3.28. The smallest absolute Gasteiger partial charge is 0.355 e. The molecule has 1 aromatic heterocycles. The lowest BCUT2D eigenvalue weighted by Crippen LogP contribution is -2.63. The highest BCUT2D eigenvalue weighted by molar-refractivity contribution is 6.22. The number of fused-ring (bicyclic) bond motifs is 4. The van der Waals surface area contributed by atoms with Crippen LogP contribution in [0.5, 0.6) is 5.75 Å². The highest BCUT2D eigenvalue weighted by Gasteiger charge is 2.61. The topological polar surface area (TPSA) is 117 Å². The van der Waals surface area contributed by atoms with Gasteiger partial charge in [-0.1, -0.05) is 56.8 Å². The van der Waals surface area contributed by atoms with Gasteiger partial charge < -0.3 is 14.4 Å². The Hall–Kier alpha value is -5.29. The fourth-order valence-corrected chi connectivity index (χ4v) is 6.73. The van der Waals surface area contributed by atoms with E-state index in [0.717, 1.165) is 11.1 Å². The van der Waals surface area contributed by atoms with Gasteiger partial charge in [0, 0.05) is 28.2 Å². The van der Waals surface area contributed by atoms with Crippen molar-refractivity contribution in [3.63, 3.8) is 0 Å². The van der Waals surface area contributed by atoms with Gasteiger partial charge in [0.05, 0.1) is 24.9 Å². The van der Waals surface area contributed by atoms with E-state index in [1.165, 1.54) is 17.1 Å². The molecule has 3 heterocycles. The van der Waals surface area contributed by atoms with Gasteiger partial charge >= 0.3 is 11.9 Å². The van der Waals surface area contributed by atoms with E-state index >= 15 is 0 Å². The van der Waals surface area contributed by atoms with Crippen LogP contribution in [-0.4, -0.2) is 59.0 Å². The van der Waals surface area contributed by atoms with Crippen molar-refractivity contribution in [2.24, 2.45) is 24.8 Å². The summed E-state index contributed by atoms with van der Waals surface area (Å²) in [7, 11) is 1.95. The second kappa shape index (κ2) is 12.8. The lowest BCUT2D eigenvalue weighted by atomic mass is 9.74. The molecular formula is C36H36N3O8+. The average Bonchev–Trinajstić information content (AvgIpc) is 3.68. The van der Waals surface area contributed by atoms with Crippen molar-refractivity contribution in [2.75, 3.05) is 19.8 Å². The molecule has 0 spiro atoms. The first-order valence-electron chi connectivity index (χ1n) is 15.4. The Bertz CT molecular complexity index is 1840. The molecule has 11 nitrogen and oxygen atoms in total. The molecule has 47 heavy (non-hydrogen) atoms. The number of ether oxygens (including phenoxy) is 2. The monoisotopic (exact) mass is 638 g/mol. The van der Waals surface area contributed by atoms with Crippen LogP contribution in [0.2, 0.25) is 0 Å². The van der Waals surface area contributed by atoms with Crippen molar-refractivity contribution < 1.29 is 43.0 Å². The number of aromatic nitrogens is 2.